The average Bonchev–Trinajstić information content (AvgIpc) is 3.11. The third-order valence-corrected chi connectivity index (χ3v) is 5.09. The van der Waals surface area contributed by atoms with Crippen molar-refractivity contribution in [1.29, 1.82) is 0 Å². The minimum absolute atomic E-state index is 0.201. The van der Waals surface area contributed by atoms with Gasteiger partial charge >= 0.3 is 6.09 Å². The van der Waals surface area contributed by atoms with E-state index >= 15 is 0 Å². The number of carbonyl (C=O) groups is 2. The first kappa shape index (κ1) is 24.9. The van der Waals surface area contributed by atoms with Crippen molar-refractivity contribution in [2.75, 3.05) is 26.2 Å². The number of nitrogens with two attached hydrogens (primary N) is 1. The Bertz CT molecular complexity index is 449. The molecule has 1 aliphatic rings. The van der Waals surface area contributed by atoms with Crippen LogP contribution in [0.25, 0.3) is 0 Å². The second kappa shape index (κ2) is 13.9. The van der Waals surface area contributed by atoms with Gasteiger partial charge in [-0.25, -0.2) is 4.79 Å². The molecular weight excluding hydrogens is 354 g/mol. The minimum atomic E-state index is -0.520. The molecule has 0 aromatic heterocycles. The van der Waals surface area contributed by atoms with Gasteiger partial charge in [0.2, 0.25) is 0 Å². The van der Waals surface area contributed by atoms with E-state index in [9.17, 15) is 9.59 Å². The number of unbranched alkanes of at least 4 members (excludes halogenated alkanes) is 6. The van der Waals surface area contributed by atoms with Crippen molar-refractivity contribution in [3.8, 4) is 0 Å². The second-order valence-electron chi connectivity index (χ2n) is 8.92. The summed E-state index contributed by atoms with van der Waals surface area (Å²) in [7, 11) is 0. The maximum atomic E-state index is 12.5. The van der Waals surface area contributed by atoms with E-state index in [0.29, 0.717) is 13.0 Å². The van der Waals surface area contributed by atoms with Crippen LogP contribution >= 0.6 is 0 Å². The molecule has 1 aliphatic heterocycles. The fourth-order valence-corrected chi connectivity index (χ4v) is 3.59. The smallest absolute Gasteiger partial charge is 0.410 e. The van der Waals surface area contributed by atoms with E-state index in [1.165, 1.54) is 32.1 Å². The summed E-state index contributed by atoms with van der Waals surface area (Å²) in [6.07, 6.45) is 11.2. The number of nitrogens with zero attached hydrogens (tertiary/aromatic N) is 1. The van der Waals surface area contributed by atoms with Crippen LogP contribution in [0.3, 0.4) is 0 Å². The van der Waals surface area contributed by atoms with Crippen molar-refractivity contribution in [3.63, 3.8) is 0 Å². The van der Waals surface area contributed by atoms with Gasteiger partial charge in [0.15, 0.2) is 5.78 Å². The van der Waals surface area contributed by atoms with Crippen LogP contribution in [0.5, 0.6) is 0 Å². The van der Waals surface area contributed by atoms with Gasteiger partial charge in [-0.15, -0.1) is 0 Å². The van der Waals surface area contributed by atoms with Crippen LogP contribution in [0.2, 0.25) is 0 Å². The van der Waals surface area contributed by atoms with Crippen molar-refractivity contribution < 1.29 is 14.3 Å². The van der Waals surface area contributed by atoms with Crippen molar-refractivity contribution in [3.05, 3.63) is 0 Å². The summed E-state index contributed by atoms with van der Waals surface area (Å²) in [5.74, 6) is 0.201. The van der Waals surface area contributed by atoms with Gasteiger partial charge in [-0.05, 0) is 72.5 Å². The number of rotatable bonds is 14. The molecule has 1 saturated heterocycles. The van der Waals surface area contributed by atoms with Crippen LogP contribution in [0.15, 0.2) is 0 Å². The highest BCUT2D eigenvalue weighted by molar-refractivity contribution is 5.87. The molecule has 1 rings (SSSR count). The number of carbonyl (C=O) groups excluding carboxylic acids is 2. The Labute approximate surface area is 171 Å². The Morgan fingerprint density at radius 2 is 1.61 bits per heavy atom. The molecule has 28 heavy (non-hydrogen) atoms. The van der Waals surface area contributed by atoms with Crippen LogP contribution in [0, 0.1) is 0 Å². The van der Waals surface area contributed by atoms with Crippen molar-refractivity contribution in [2.24, 2.45) is 5.73 Å². The van der Waals surface area contributed by atoms with Crippen LogP contribution in [-0.4, -0.2) is 54.6 Å². The van der Waals surface area contributed by atoms with Gasteiger partial charge in [-0.2, -0.15) is 0 Å². The normalized spacial score (nSPS) is 17.1. The molecule has 6 heteroatoms. The summed E-state index contributed by atoms with van der Waals surface area (Å²) in [6, 6.07) is -0.276. The molecular formula is C22H43N3O3. The molecule has 6 nitrogen and oxygen atoms in total. The summed E-state index contributed by atoms with van der Waals surface area (Å²) in [5, 5.41) is 3.41. The van der Waals surface area contributed by atoms with E-state index in [1.807, 2.05) is 20.8 Å². The molecule has 1 amide bonds. The zero-order valence-corrected chi connectivity index (χ0v) is 18.4. The molecule has 0 saturated carbocycles. The Morgan fingerprint density at radius 3 is 2.25 bits per heavy atom. The Morgan fingerprint density at radius 1 is 1.00 bits per heavy atom. The zero-order chi connectivity index (χ0) is 20.8. The lowest BCUT2D eigenvalue weighted by Crippen LogP contribution is -2.43. The maximum Gasteiger partial charge on any atom is 0.410 e. The van der Waals surface area contributed by atoms with Gasteiger partial charge in [0.05, 0.1) is 6.04 Å². The first-order valence-corrected chi connectivity index (χ1v) is 11.3. The lowest BCUT2D eigenvalue weighted by atomic mass is 10.0. The molecule has 0 aromatic carbocycles. The molecule has 164 valence electrons. The van der Waals surface area contributed by atoms with E-state index in [4.69, 9.17) is 10.5 Å². The topological polar surface area (TPSA) is 84.7 Å². The van der Waals surface area contributed by atoms with Crippen LogP contribution < -0.4 is 11.1 Å². The predicted molar refractivity (Wildman–Crippen MR) is 114 cm³/mol. The molecule has 1 heterocycles. The molecule has 0 bridgehead atoms. The van der Waals surface area contributed by atoms with Crippen molar-refractivity contribution in [2.45, 2.75) is 103 Å². The molecule has 1 atom stereocenters. The number of Topliss-reactive ketones (excluding diaryl/α,β-unsaturated/α-hetero) is 1. The predicted octanol–water partition coefficient (Wildman–Crippen LogP) is 4.01. The Balaban J connectivity index is 2.07. The van der Waals surface area contributed by atoms with Crippen molar-refractivity contribution >= 4 is 11.9 Å². The number of ketones is 1. The third kappa shape index (κ3) is 11.0. The largest absolute Gasteiger partial charge is 0.444 e. The molecule has 0 spiro atoms. The lowest BCUT2D eigenvalue weighted by molar-refractivity contribution is -0.123. The van der Waals surface area contributed by atoms with E-state index in [0.717, 1.165) is 51.7 Å². The number of ether oxygens (including phenoxy) is 1. The van der Waals surface area contributed by atoms with E-state index < -0.39 is 5.60 Å². The molecule has 0 radical (unpaired) electrons. The Hall–Kier alpha value is -1.14. The second-order valence-corrected chi connectivity index (χ2v) is 8.92. The van der Waals surface area contributed by atoms with Crippen LogP contribution in [-0.2, 0) is 9.53 Å². The first-order chi connectivity index (χ1) is 13.3. The quantitative estimate of drug-likeness (QED) is 0.433. The standard InChI is InChI=1S/C22H43N3O3/c1-22(2,3)28-21(27)25-18-11-13-19(25)20(26)14-9-7-5-4-6-8-10-16-24-17-12-15-23/h19,24H,4-18,23H2,1-3H3. The highest BCUT2D eigenvalue weighted by Crippen LogP contribution is 2.23. The average molecular weight is 398 g/mol. The highest BCUT2D eigenvalue weighted by atomic mass is 16.6. The van der Waals surface area contributed by atoms with Crippen LogP contribution in [0.1, 0.15) is 91.4 Å². The minimum Gasteiger partial charge on any atom is -0.444 e. The monoisotopic (exact) mass is 397 g/mol. The van der Waals surface area contributed by atoms with Crippen LogP contribution in [0.4, 0.5) is 4.79 Å². The van der Waals surface area contributed by atoms with Gasteiger partial charge in [0, 0.05) is 13.0 Å². The van der Waals surface area contributed by atoms with Crippen molar-refractivity contribution in [1.82, 2.24) is 10.2 Å². The summed E-state index contributed by atoms with van der Waals surface area (Å²) >= 11 is 0. The maximum absolute atomic E-state index is 12.5. The SMILES string of the molecule is CC(C)(C)OC(=O)N1CCCC1C(=O)CCCCCCCCCNCCCN. The summed E-state index contributed by atoms with van der Waals surface area (Å²) in [5.41, 5.74) is 4.94. The molecule has 1 unspecified atom stereocenters. The fourth-order valence-electron chi connectivity index (χ4n) is 3.59. The molecule has 0 aliphatic carbocycles. The van der Waals surface area contributed by atoms with E-state index in [1.54, 1.807) is 4.90 Å². The highest BCUT2D eigenvalue weighted by Gasteiger charge is 2.35. The lowest BCUT2D eigenvalue weighted by Gasteiger charge is -2.28. The summed E-state index contributed by atoms with van der Waals surface area (Å²) in [6.45, 7) is 9.07. The zero-order valence-electron chi connectivity index (χ0n) is 18.4. The Kier molecular flexibility index (Phi) is 12.4. The number of nitrogens with one attached hydrogen (secondary N) is 1. The summed E-state index contributed by atoms with van der Waals surface area (Å²) < 4.78 is 5.44. The fraction of sp³-hybridized carbons (Fsp3) is 0.909. The van der Waals surface area contributed by atoms with Gasteiger partial charge in [0.25, 0.3) is 0 Å². The van der Waals surface area contributed by atoms with E-state index in [-0.39, 0.29) is 17.9 Å². The molecule has 0 aromatic rings. The molecule has 1 fully saturated rings. The summed E-state index contributed by atoms with van der Waals surface area (Å²) in [4.78, 5) is 26.5. The van der Waals surface area contributed by atoms with Gasteiger partial charge in [-0.3, -0.25) is 9.69 Å². The van der Waals surface area contributed by atoms with Gasteiger partial charge < -0.3 is 15.8 Å². The third-order valence-electron chi connectivity index (χ3n) is 5.09. The number of amides is 1. The number of hydrogen-bond donors (Lipinski definition) is 2. The first-order valence-electron chi connectivity index (χ1n) is 11.3. The number of hydrogen-bond acceptors (Lipinski definition) is 5. The van der Waals surface area contributed by atoms with Gasteiger partial charge in [-0.1, -0.05) is 32.1 Å². The number of likely N-dealkylation sites (tertiary alicyclic amines) is 1. The molecule has 3 N–H and O–H groups in total. The van der Waals surface area contributed by atoms with Gasteiger partial charge in [0.1, 0.15) is 5.60 Å². The van der Waals surface area contributed by atoms with E-state index in [2.05, 4.69) is 5.32 Å².